The second-order valence-corrected chi connectivity index (χ2v) is 3.67. The number of thioether (sulfide) groups is 1. The molecule has 0 radical (unpaired) electrons. The van der Waals surface area contributed by atoms with E-state index >= 15 is 0 Å². The van der Waals surface area contributed by atoms with Gasteiger partial charge >= 0.3 is 11.9 Å². The molecular weight excluding hydrogens is 164 g/mol. The summed E-state index contributed by atoms with van der Waals surface area (Å²) in [5, 5.41) is -0.234. The van der Waals surface area contributed by atoms with Crippen LogP contribution < -0.4 is 0 Å². The first kappa shape index (κ1) is 8.59. The second-order valence-electron chi connectivity index (χ2n) is 2.36. The molecule has 11 heavy (non-hydrogen) atoms. The number of cyclic esters (lactones) is 2. The Morgan fingerprint density at radius 1 is 1.64 bits per heavy atom. The van der Waals surface area contributed by atoms with Crippen LogP contribution in [0.15, 0.2) is 0 Å². The third-order valence-electron chi connectivity index (χ3n) is 1.35. The second kappa shape index (κ2) is 3.76. The van der Waals surface area contributed by atoms with Gasteiger partial charge in [-0.3, -0.25) is 9.59 Å². The van der Waals surface area contributed by atoms with Crippen LogP contribution in [0.5, 0.6) is 0 Å². The molecule has 0 saturated carbocycles. The average Bonchev–Trinajstić information content (AvgIpc) is 2.26. The van der Waals surface area contributed by atoms with Crippen molar-refractivity contribution in [1.29, 1.82) is 0 Å². The number of hydrogen-bond donors (Lipinski definition) is 0. The topological polar surface area (TPSA) is 43.4 Å². The normalized spacial score (nSPS) is 23.9. The molecule has 1 fully saturated rings. The minimum absolute atomic E-state index is 0.234. The maximum Gasteiger partial charge on any atom is 0.327 e. The highest BCUT2D eigenvalue weighted by molar-refractivity contribution is 8.00. The molecule has 0 spiro atoms. The SMILES string of the molecule is CCCSC1CC(=O)OC1=O. The minimum Gasteiger partial charge on any atom is -0.392 e. The van der Waals surface area contributed by atoms with Crippen LogP contribution in [0.3, 0.4) is 0 Å². The number of ether oxygens (including phenoxy) is 1. The summed E-state index contributed by atoms with van der Waals surface area (Å²) < 4.78 is 4.37. The molecule has 1 rings (SSSR count). The van der Waals surface area contributed by atoms with E-state index in [2.05, 4.69) is 4.74 Å². The highest BCUT2D eigenvalue weighted by Gasteiger charge is 2.33. The summed E-state index contributed by atoms with van der Waals surface area (Å²) in [6.07, 6.45) is 1.27. The van der Waals surface area contributed by atoms with E-state index in [1.54, 1.807) is 0 Å². The lowest BCUT2D eigenvalue weighted by molar-refractivity contribution is -0.151. The van der Waals surface area contributed by atoms with Crippen LogP contribution in [0.1, 0.15) is 19.8 Å². The monoisotopic (exact) mass is 174 g/mol. The number of hydrogen-bond acceptors (Lipinski definition) is 4. The molecule has 3 nitrogen and oxygen atoms in total. The van der Waals surface area contributed by atoms with Gasteiger partial charge in [0.05, 0.1) is 6.42 Å². The van der Waals surface area contributed by atoms with E-state index in [-0.39, 0.29) is 23.6 Å². The van der Waals surface area contributed by atoms with Gasteiger partial charge in [0.25, 0.3) is 0 Å². The molecule has 0 aromatic heterocycles. The van der Waals surface area contributed by atoms with Gasteiger partial charge in [-0.05, 0) is 12.2 Å². The number of carbonyl (C=O) groups is 2. The summed E-state index contributed by atoms with van der Waals surface area (Å²) in [5.41, 5.74) is 0. The maximum atomic E-state index is 10.8. The fraction of sp³-hybridized carbons (Fsp3) is 0.714. The third-order valence-corrected chi connectivity index (χ3v) is 2.76. The van der Waals surface area contributed by atoms with Crippen LogP contribution >= 0.6 is 11.8 Å². The molecule has 0 amide bonds. The van der Waals surface area contributed by atoms with E-state index in [9.17, 15) is 9.59 Å². The van der Waals surface area contributed by atoms with Crippen LogP contribution in [0.25, 0.3) is 0 Å². The first-order valence-corrected chi connectivity index (χ1v) is 4.65. The molecule has 0 bridgehead atoms. The fourth-order valence-corrected chi connectivity index (χ4v) is 1.80. The zero-order valence-corrected chi connectivity index (χ0v) is 7.15. The predicted octanol–water partition coefficient (Wildman–Crippen LogP) is 0.972. The van der Waals surface area contributed by atoms with Crippen molar-refractivity contribution in [3.63, 3.8) is 0 Å². The molecule has 0 aromatic carbocycles. The summed E-state index contributed by atoms with van der Waals surface area (Å²) in [5.74, 6) is 0.157. The van der Waals surface area contributed by atoms with Crippen molar-refractivity contribution in [3.05, 3.63) is 0 Å². The van der Waals surface area contributed by atoms with Crippen molar-refractivity contribution < 1.29 is 14.3 Å². The van der Waals surface area contributed by atoms with Gasteiger partial charge in [-0.25, -0.2) is 0 Å². The van der Waals surface area contributed by atoms with Gasteiger partial charge in [0, 0.05) is 0 Å². The molecule has 1 atom stereocenters. The summed E-state index contributed by atoms with van der Waals surface area (Å²) in [4.78, 5) is 21.4. The highest BCUT2D eigenvalue weighted by atomic mass is 32.2. The van der Waals surface area contributed by atoms with Gasteiger partial charge in [0.15, 0.2) is 0 Å². The van der Waals surface area contributed by atoms with E-state index in [1.165, 1.54) is 11.8 Å². The van der Waals surface area contributed by atoms with Crippen molar-refractivity contribution in [2.45, 2.75) is 25.0 Å². The first-order chi connectivity index (χ1) is 5.24. The Morgan fingerprint density at radius 3 is 2.82 bits per heavy atom. The van der Waals surface area contributed by atoms with Gasteiger partial charge < -0.3 is 4.74 Å². The van der Waals surface area contributed by atoms with Crippen LogP contribution in [0, 0.1) is 0 Å². The molecule has 0 aromatic rings. The lowest BCUT2D eigenvalue weighted by Crippen LogP contribution is -2.09. The molecule has 1 heterocycles. The lowest BCUT2D eigenvalue weighted by Gasteiger charge is -2.00. The zero-order chi connectivity index (χ0) is 8.27. The molecule has 4 heteroatoms. The predicted molar refractivity (Wildman–Crippen MR) is 42.3 cm³/mol. The van der Waals surface area contributed by atoms with Crippen molar-refractivity contribution >= 4 is 23.7 Å². The molecule has 62 valence electrons. The zero-order valence-electron chi connectivity index (χ0n) is 6.33. The number of esters is 2. The molecule has 1 aliphatic heterocycles. The van der Waals surface area contributed by atoms with Gasteiger partial charge in [-0.15, -0.1) is 11.8 Å². The Labute approximate surface area is 69.5 Å². The molecule has 1 aliphatic rings. The summed E-state index contributed by atoms with van der Waals surface area (Å²) in [6, 6.07) is 0. The van der Waals surface area contributed by atoms with E-state index in [0.29, 0.717) is 0 Å². The fourth-order valence-electron chi connectivity index (χ4n) is 0.841. The van der Waals surface area contributed by atoms with Crippen molar-refractivity contribution in [3.8, 4) is 0 Å². The molecule has 0 N–H and O–H groups in total. The standard InChI is InChI=1S/C7H10O3S/c1-2-3-11-5-4-6(8)10-7(5)9/h5H,2-4H2,1H3. The van der Waals surface area contributed by atoms with E-state index in [0.717, 1.165) is 12.2 Å². The van der Waals surface area contributed by atoms with Gasteiger partial charge in [-0.2, -0.15) is 0 Å². The minimum atomic E-state index is -0.386. The highest BCUT2D eigenvalue weighted by Crippen LogP contribution is 2.22. The van der Waals surface area contributed by atoms with Crippen molar-refractivity contribution in [1.82, 2.24) is 0 Å². The average molecular weight is 174 g/mol. The van der Waals surface area contributed by atoms with Crippen LogP contribution in [0.4, 0.5) is 0 Å². The van der Waals surface area contributed by atoms with Crippen LogP contribution in [0.2, 0.25) is 0 Å². The van der Waals surface area contributed by atoms with E-state index in [1.807, 2.05) is 6.92 Å². The molecule has 0 aliphatic carbocycles. The van der Waals surface area contributed by atoms with Gasteiger partial charge in [0.1, 0.15) is 5.25 Å². The molecular formula is C7H10O3S. The van der Waals surface area contributed by atoms with Crippen LogP contribution in [-0.4, -0.2) is 22.9 Å². The molecule has 1 saturated heterocycles. The lowest BCUT2D eigenvalue weighted by atomic mass is 10.4. The van der Waals surface area contributed by atoms with E-state index < -0.39 is 0 Å². The first-order valence-electron chi connectivity index (χ1n) is 3.60. The Morgan fingerprint density at radius 2 is 2.36 bits per heavy atom. The Balaban J connectivity index is 2.34. The quantitative estimate of drug-likeness (QED) is 0.472. The van der Waals surface area contributed by atoms with E-state index in [4.69, 9.17) is 0 Å². The van der Waals surface area contributed by atoms with Crippen molar-refractivity contribution in [2.75, 3.05) is 5.75 Å². The summed E-state index contributed by atoms with van der Waals surface area (Å²) in [7, 11) is 0. The van der Waals surface area contributed by atoms with Crippen LogP contribution in [-0.2, 0) is 14.3 Å². The Bertz CT molecular complexity index is 179. The maximum absolute atomic E-state index is 10.8. The molecule has 1 unspecified atom stereocenters. The van der Waals surface area contributed by atoms with Gasteiger partial charge in [-0.1, -0.05) is 6.92 Å². The van der Waals surface area contributed by atoms with Gasteiger partial charge in [0.2, 0.25) is 0 Å². The third kappa shape index (κ3) is 2.22. The number of carbonyl (C=O) groups excluding carboxylic acids is 2. The summed E-state index contributed by atoms with van der Waals surface area (Å²) in [6.45, 7) is 2.04. The number of rotatable bonds is 3. The Hall–Kier alpha value is -0.510. The largest absolute Gasteiger partial charge is 0.392 e. The summed E-state index contributed by atoms with van der Waals surface area (Å²) >= 11 is 1.50. The smallest absolute Gasteiger partial charge is 0.327 e. The van der Waals surface area contributed by atoms with Crippen molar-refractivity contribution in [2.24, 2.45) is 0 Å². The Kier molecular flexibility index (Phi) is 2.93.